The van der Waals surface area contributed by atoms with E-state index in [4.69, 9.17) is 5.26 Å². The molecule has 0 aliphatic rings. The van der Waals surface area contributed by atoms with Crippen molar-refractivity contribution in [2.75, 3.05) is 0 Å². The van der Waals surface area contributed by atoms with E-state index in [1.54, 1.807) is 12.1 Å². The standard InChI is InChI=1S/C11H7FN2/c1-7-2-4-9-10(12)5-3-8(6-13)11(9)14-7/h2-5H,1H3. The van der Waals surface area contributed by atoms with E-state index in [0.29, 0.717) is 16.5 Å². The number of aryl methyl sites for hydroxylation is 1. The van der Waals surface area contributed by atoms with E-state index < -0.39 is 0 Å². The topological polar surface area (TPSA) is 36.7 Å². The van der Waals surface area contributed by atoms with Crippen LogP contribution in [0.1, 0.15) is 11.3 Å². The molecule has 0 saturated carbocycles. The molecule has 1 aromatic heterocycles. The van der Waals surface area contributed by atoms with Gasteiger partial charge in [-0.2, -0.15) is 5.26 Å². The lowest BCUT2D eigenvalue weighted by Crippen LogP contribution is -1.89. The van der Waals surface area contributed by atoms with Crippen LogP contribution in [-0.2, 0) is 0 Å². The van der Waals surface area contributed by atoms with Crippen molar-refractivity contribution >= 4 is 10.9 Å². The number of hydrogen-bond acceptors (Lipinski definition) is 2. The molecule has 14 heavy (non-hydrogen) atoms. The number of benzene rings is 1. The second kappa shape index (κ2) is 3.08. The van der Waals surface area contributed by atoms with Crippen molar-refractivity contribution in [2.45, 2.75) is 6.92 Å². The van der Waals surface area contributed by atoms with Crippen molar-refractivity contribution in [3.05, 3.63) is 41.3 Å². The van der Waals surface area contributed by atoms with Gasteiger partial charge in [0.05, 0.1) is 11.1 Å². The number of hydrogen-bond donors (Lipinski definition) is 0. The Labute approximate surface area is 80.6 Å². The molecule has 0 unspecified atom stereocenters. The van der Waals surface area contributed by atoms with Crippen molar-refractivity contribution in [3.63, 3.8) is 0 Å². The highest BCUT2D eigenvalue weighted by Gasteiger charge is 2.06. The second-order valence-corrected chi connectivity index (χ2v) is 3.06. The monoisotopic (exact) mass is 186 g/mol. The fourth-order valence-corrected chi connectivity index (χ4v) is 1.37. The van der Waals surface area contributed by atoms with Gasteiger partial charge in [-0.1, -0.05) is 0 Å². The van der Waals surface area contributed by atoms with Gasteiger partial charge in [-0.3, -0.25) is 4.98 Å². The molecule has 2 nitrogen and oxygen atoms in total. The summed E-state index contributed by atoms with van der Waals surface area (Å²) >= 11 is 0. The molecule has 2 rings (SSSR count). The summed E-state index contributed by atoms with van der Waals surface area (Å²) in [6.45, 7) is 1.81. The zero-order valence-corrected chi connectivity index (χ0v) is 7.58. The summed E-state index contributed by atoms with van der Waals surface area (Å²) < 4.78 is 13.3. The highest BCUT2D eigenvalue weighted by Crippen LogP contribution is 2.19. The van der Waals surface area contributed by atoms with Crippen molar-refractivity contribution in [3.8, 4) is 6.07 Å². The summed E-state index contributed by atoms with van der Waals surface area (Å²) in [7, 11) is 0. The number of aromatic nitrogens is 1. The van der Waals surface area contributed by atoms with Crippen LogP contribution in [0.15, 0.2) is 24.3 Å². The van der Waals surface area contributed by atoms with Gasteiger partial charge in [-0.25, -0.2) is 4.39 Å². The van der Waals surface area contributed by atoms with E-state index in [1.165, 1.54) is 12.1 Å². The molecule has 3 heteroatoms. The quantitative estimate of drug-likeness (QED) is 0.634. The molecule has 0 N–H and O–H groups in total. The predicted octanol–water partition coefficient (Wildman–Crippen LogP) is 2.55. The first-order valence-corrected chi connectivity index (χ1v) is 4.18. The van der Waals surface area contributed by atoms with Crippen LogP contribution in [0.2, 0.25) is 0 Å². The van der Waals surface area contributed by atoms with Gasteiger partial charge in [0, 0.05) is 11.1 Å². The maximum atomic E-state index is 13.3. The molecule has 0 amide bonds. The molecule has 1 aromatic carbocycles. The number of nitrogens with zero attached hydrogens (tertiary/aromatic N) is 2. The maximum absolute atomic E-state index is 13.3. The van der Waals surface area contributed by atoms with Gasteiger partial charge in [0.15, 0.2) is 0 Å². The van der Waals surface area contributed by atoms with Gasteiger partial charge in [-0.05, 0) is 31.2 Å². The Kier molecular flexibility index (Phi) is 1.90. The number of halogens is 1. The highest BCUT2D eigenvalue weighted by atomic mass is 19.1. The lowest BCUT2D eigenvalue weighted by Gasteiger charge is -2.01. The average Bonchev–Trinajstić information content (AvgIpc) is 2.18. The van der Waals surface area contributed by atoms with Crippen molar-refractivity contribution in [2.24, 2.45) is 0 Å². The summed E-state index contributed by atoms with van der Waals surface area (Å²) in [5, 5.41) is 9.20. The fourth-order valence-electron chi connectivity index (χ4n) is 1.37. The zero-order valence-electron chi connectivity index (χ0n) is 7.58. The first kappa shape index (κ1) is 8.64. The lowest BCUT2D eigenvalue weighted by atomic mass is 10.1. The molecule has 0 atom stereocenters. The van der Waals surface area contributed by atoms with E-state index in [-0.39, 0.29) is 5.82 Å². The van der Waals surface area contributed by atoms with Crippen LogP contribution in [0.3, 0.4) is 0 Å². The Bertz CT molecular complexity index is 541. The summed E-state index contributed by atoms with van der Waals surface area (Å²) in [4.78, 5) is 4.14. The number of fused-ring (bicyclic) bond motifs is 1. The third-order valence-corrected chi connectivity index (χ3v) is 2.06. The van der Waals surface area contributed by atoms with Gasteiger partial charge in [0.25, 0.3) is 0 Å². The molecular weight excluding hydrogens is 179 g/mol. The zero-order chi connectivity index (χ0) is 10.1. The van der Waals surface area contributed by atoms with Gasteiger partial charge >= 0.3 is 0 Å². The van der Waals surface area contributed by atoms with E-state index in [0.717, 1.165) is 5.69 Å². The third-order valence-electron chi connectivity index (χ3n) is 2.06. The van der Waals surface area contributed by atoms with Gasteiger partial charge in [-0.15, -0.1) is 0 Å². The minimum absolute atomic E-state index is 0.341. The Morgan fingerprint density at radius 2 is 2.07 bits per heavy atom. The van der Waals surface area contributed by atoms with Gasteiger partial charge < -0.3 is 0 Å². The highest BCUT2D eigenvalue weighted by molar-refractivity contribution is 5.84. The minimum Gasteiger partial charge on any atom is -0.252 e. The molecule has 0 aliphatic heterocycles. The molecule has 1 heterocycles. The van der Waals surface area contributed by atoms with Gasteiger partial charge in [0.2, 0.25) is 0 Å². The molecule has 0 bridgehead atoms. The van der Waals surface area contributed by atoms with Crippen LogP contribution >= 0.6 is 0 Å². The van der Waals surface area contributed by atoms with Crippen LogP contribution in [0.4, 0.5) is 4.39 Å². The normalized spacial score (nSPS) is 10.1. The Morgan fingerprint density at radius 3 is 2.79 bits per heavy atom. The fraction of sp³-hybridized carbons (Fsp3) is 0.0909. The summed E-state index contributed by atoms with van der Waals surface area (Å²) in [6, 6.07) is 8.11. The number of pyridine rings is 1. The molecule has 0 aliphatic carbocycles. The first-order chi connectivity index (χ1) is 6.72. The number of rotatable bonds is 0. The molecule has 2 aromatic rings. The number of nitriles is 1. The Balaban J connectivity index is 2.94. The van der Waals surface area contributed by atoms with Crippen molar-refractivity contribution < 1.29 is 4.39 Å². The van der Waals surface area contributed by atoms with Gasteiger partial charge in [0.1, 0.15) is 11.9 Å². The smallest absolute Gasteiger partial charge is 0.132 e. The SMILES string of the molecule is Cc1ccc2c(F)ccc(C#N)c2n1. The molecule has 0 radical (unpaired) electrons. The Morgan fingerprint density at radius 1 is 1.29 bits per heavy atom. The molecule has 0 fully saturated rings. The minimum atomic E-state index is -0.341. The average molecular weight is 186 g/mol. The third kappa shape index (κ3) is 1.21. The van der Waals surface area contributed by atoms with Crippen LogP contribution in [0.5, 0.6) is 0 Å². The maximum Gasteiger partial charge on any atom is 0.132 e. The van der Waals surface area contributed by atoms with Crippen LogP contribution in [-0.4, -0.2) is 4.98 Å². The van der Waals surface area contributed by atoms with Crippen LogP contribution < -0.4 is 0 Å². The van der Waals surface area contributed by atoms with Crippen LogP contribution in [0.25, 0.3) is 10.9 Å². The first-order valence-electron chi connectivity index (χ1n) is 4.18. The summed E-state index contributed by atoms with van der Waals surface area (Å²) in [6.07, 6.45) is 0. The Hall–Kier alpha value is -1.95. The second-order valence-electron chi connectivity index (χ2n) is 3.06. The van der Waals surface area contributed by atoms with Crippen molar-refractivity contribution in [1.29, 1.82) is 5.26 Å². The summed E-state index contributed by atoms with van der Waals surface area (Å²) in [5.41, 5.74) is 1.62. The van der Waals surface area contributed by atoms with Crippen molar-refractivity contribution in [1.82, 2.24) is 4.98 Å². The van der Waals surface area contributed by atoms with E-state index in [2.05, 4.69) is 4.98 Å². The molecule has 0 saturated heterocycles. The molecular formula is C11H7FN2. The van der Waals surface area contributed by atoms with E-state index in [9.17, 15) is 4.39 Å². The molecule has 0 spiro atoms. The largest absolute Gasteiger partial charge is 0.252 e. The lowest BCUT2D eigenvalue weighted by molar-refractivity contribution is 0.639. The summed E-state index contributed by atoms with van der Waals surface area (Å²) in [5.74, 6) is -0.341. The van der Waals surface area contributed by atoms with E-state index in [1.807, 2.05) is 13.0 Å². The predicted molar refractivity (Wildman–Crippen MR) is 51.2 cm³/mol. The van der Waals surface area contributed by atoms with E-state index >= 15 is 0 Å². The molecule has 68 valence electrons. The van der Waals surface area contributed by atoms with Crippen LogP contribution in [0, 0.1) is 24.1 Å².